The van der Waals surface area contributed by atoms with Gasteiger partial charge >= 0.3 is 0 Å². The molecule has 1 aliphatic carbocycles. The highest BCUT2D eigenvalue weighted by molar-refractivity contribution is 5.75. The number of hydrogen-bond donors (Lipinski definition) is 0. The Morgan fingerprint density at radius 1 is 0.818 bits per heavy atom. The van der Waals surface area contributed by atoms with Gasteiger partial charge in [-0.1, -0.05) is 60.7 Å². The molecule has 0 spiro atoms. The van der Waals surface area contributed by atoms with Gasteiger partial charge in [0, 0.05) is 6.42 Å². The Hall–Kier alpha value is -2.48. The van der Waals surface area contributed by atoms with Crippen molar-refractivity contribution in [2.75, 3.05) is 0 Å². The van der Waals surface area contributed by atoms with Gasteiger partial charge in [0.05, 0.1) is 0 Å². The molecular weight excluding hydrogens is 278 g/mol. The van der Waals surface area contributed by atoms with Crippen LogP contribution in [0, 0.1) is 0 Å². The number of hydrogen-bond acceptors (Lipinski definition) is 0. The molecule has 0 unspecified atom stereocenters. The molecule has 3 rings (SSSR count). The Balaban J connectivity index is 1.81. The van der Waals surface area contributed by atoms with Crippen LogP contribution in [0.25, 0.3) is 22.8 Å². The second kappa shape index (κ2) is 6.10. The molecule has 0 nitrogen and oxygen atoms in total. The Bertz CT molecular complexity index is 760. The fourth-order valence-electron chi connectivity index (χ4n) is 2.58. The van der Waals surface area contributed by atoms with Crippen molar-refractivity contribution in [3.8, 4) is 11.1 Å². The average molecular weight is 294 g/mol. The van der Waals surface area contributed by atoms with Gasteiger partial charge in [-0.25, -0.2) is 8.78 Å². The third-order valence-corrected chi connectivity index (χ3v) is 3.76. The Kier molecular flexibility index (Phi) is 4.01. The second-order valence-corrected chi connectivity index (χ2v) is 5.30. The van der Waals surface area contributed by atoms with E-state index < -0.39 is 11.7 Å². The smallest absolute Gasteiger partial charge is 0.155 e. The number of halogens is 2. The molecule has 0 atom stereocenters. The van der Waals surface area contributed by atoms with Crippen LogP contribution in [0.2, 0.25) is 0 Å². The first kappa shape index (κ1) is 14.5. The van der Waals surface area contributed by atoms with Crippen LogP contribution in [0.1, 0.15) is 24.5 Å². The Morgan fingerprint density at radius 2 is 1.36 bits per heavy atom. The maximum atomic E-state index is 13.1. The van der Waals surface area contributed by atoms with Crippen LogP contribution in [0.5, 0.6) is 0 Å². The number of allylic oxidation sites excluding steroid dienone is 5. The summed E-state index contributed by atoms with van der Waals surface area (Å²) in [6.07, 6.45) is 5.38. The SMILES string of the molecule is C/C=C/c1ccc(-c2ccc(C3=CC(F)=C(F)C3)cc2)cc1. The van der Waals surface area contributed by atoms with E-state index in [1.807, 2.05) is 37.3 Å². The van der Waals surface area contributed by atoms with E-state index in [-0.39, 0.29) is 6.42 Å². The summed E-state index contributed by atoms with van der Waals surface area (Å²) in [5.74, 6) is -1.43. The Morgan fingerprint density at radius 3 is 1.86 bits per heavy atom. The van der Waals surface area contributed by atoms with Gasteiger partial charge in [-0.3, -0.25) is 0 Å². The van der Waals surface area contributed by atoms with Crippen LogP contribution in [-0.4, -0.2) is 0 Å². The predicted molar refractivity (Wildman–Crippen MR) is 88.4 cm³/mol. The van der Waals surface area contributed by atoms with Crippen molar-refractivity contribution in [1.82, 2.24) is 0 Å². The monoisotopic (exact) mass is 294 g/mol. The summed E-state index contributed by atoms with van der Waals surface area (Å²) in [5, 5.41) is 0. The van der Waals surface area contributed by atoms with Gasteiger partial charge in [-0.2, -0.15) is 0 Å². The summed E-state index contributed by atoms with van der Waals surface area (Å²) in [6, 6.07) is 16.1. The van der Waals surface area contributed by atoms with Crippen LogP contribution in [0.15, 0.2) is 72.3 Å². The van der Waals surface area contributed by atoms with Crippen molar-refractivity contribution in [2.45, 2.75) is 13.3 Å². The van der Waals surface area contributed by atoms with Gasteiger partial charge in [-0.15, -0.1) is 0 Å². The van der Waals surface area contributed by atoms with Crippen molar-refractivity contribution < 1.29 is 8.78 Å². The molecule has 2 aromatic carbocycles. The molecule has 0 aromatic heterocycles. The molecule has 2 aromatic rings. The first-order chi connectivity index (χ1) is 10.7. The molecule has 0 bridgehead atoms. The lowest BCUT2D eigenvalue weighted by Gasteiger charge is -2.06. The second-order valence-electron chi connectivity index (χ2n) is 5.30. The predicted octanol–water partition coefficient (Wildman–Crippen LogP) is 6.32. The zero-order valence-corrected chi connectivity index (χ0v) is 12.3. The maximum Gasteiger partial charge on any atom is 0.155 e. The zero-order chi connectivity index (χ0) is 15.5. The summed E-state index contributed by atoms with van der Waals surface area (Å²) < 4.78 is 26.3. The summed E-state index contributed by atoms with van der Waals surface area (Å²) in [5.41, 5.74) is 4.91. The lowest BCUT2D eigenvalue weighted by Crippen LogP contribution is -1.84. The highest BCUT2D eigenvalue weighted by Gasteiger charge is 2.16. The molecule has 0 saturated heterocycles. The van der Waals surface area contributed by atoms with Crippen LogP contribution in [0.3, 0.4) is 0 Å². The molecule has 0 fully saturated rings. The molecule has 22 heavy (non-hydrogen) atoms. The van der Waals surface area contributed by atoms with Gasteiger partial charge in [0.1, 0.15) is 5.83 Å². The first-order valence-electron chi connectivity index (χ1n) is 7.25. The lowest BCUT2D eigenvalue weighted by molar-refractivity contribution is 0.553. The third kappa shape index (κ3) is 2.91. The number of benzene rings is 2. The highest BCUT2D eigenvalue weighted by Crippen LogP contribution is 2.34. The third-order valence-electron chi connectivity index (χ3n) is 3.76. The molecule has 110 valence electrons. The van der Waals surface area contributed by atoms with E-state index in [0.29, 0.717) is 5.57 Å². The molecule has 0 aliphatic heterocycles. The van der Waals surface area contributed by atoms with E-state index in [1.54, 1.807) is 0 Å². The van der Waals surface area contributed by atoms with Gasteiger partial charge in [0.2, 0.25) is 0 Å². The normalized spacial score (nSPS) is 14.8. The van der Waals surface area contributed by atoms with Crippen LogP contribution >= 0.6 is 0 Å². The van der Waals surface area contributed by atoms with E-state index >= 15 is 0 Å². The molecule has 0 heterocycles. The van der Waals surface area contributed by atoms with Gasteiger partial charge in [-0.05, 0) is 40.8 Å². The fraction of sp³-hybridized carbons (Fsp3) is 0.100. The molecule has 0 saturated carbocycles. The molecule has 0 N–H and O–H groups in total. The summed E-state index contributed by atoms with van der Waals surface area (Å²) in [6.45, 7) is 1.99. The highest BCUT2D eigenvalue weighted by atomic mass is 19.2. The molecule has 0 amide bonds. The van der Waals surface area contributed by atoms with Crippen LogP contribution < -0.4 is 0 Å². The topological polar surface area (TPSA) is 0 Å². The van der Waals surface area contributed by atoms with E-state index in [2.05, 4.69) is 30.3 Å². The first-order valence-corrected chi connectivity index (χ1v) is 7.25. The Labute approximate surface area is 129 Å². The van der Waals surface area contributed by atoms with Crippen LogP contribution in [0.4, 0.5) is 8.78 Å². The minimum absolute atomic E-state index is 0.0449. The van der Waals surface area contributed by atoms with Crippen molar-refractivity contribution in [3.05, 3.63) is 83.5 Å². The largest absolute Gasteiger partial charge is 0.208 e. The van der Waals surface area contributed by atoms with Crippen molar-refractivity contribution >= 4 is 11.6 Å². The zero-order valence-electron chi connectivity index (χ0n) is 12.3. The molecule has 2 heteroatoms. The lowest BCUT2D eigenvalue weighted by atomic mass is 9.99. The van der Waals surface area contributed by atoms with Crippen molar-refractivity contribution in [3.63, 3.8) is 0 Å². The van der Waals surface area contributed by atoms with Crippen molar-refractivity contribution in [2.24, 2.45) is 0 Å². The quantitative estimate of drug-likeness (QED) is 0.621. The van der Waals surface area contributed by atoms with E-state index in [4.69, 9.17) is 0 Å². The molecule has 0 radical (unpaired) electrons. The average Bonchev–Trinajstić information content (AvgIpc) is 2.88. The minimum atomic E-state index is -0.751. The van der Waals surface area contributed by atoms with E-state index in [1.165, 1.54) is 6.08 Å². The van der Waals surface area contributed by atoms with Crippen molar-refractivity contribution in [1.29, 1.82) is 0 Å². The molecular formula is C20H16F2. The standard InChI is InChI=1S/C20H16F2/c1-2-3-14-4-6-15(7-5-14)16-8-10-17(11-9-16)18-12-19(21)20(22)13-18/h2-12H,13H2,1H3/b3-2+. The minimum Gasteiger partial charge on any atom is -0.208 e. The summed E-state index contributed by atoms with van der Waals surface area (Å²) in [4.78, 5) is 0. The number of rotatable bonds is 3. The summed E-state index contributed by atoms with van der Waals surface area (Å²) >= 11 is 0. The van der Waals surface area contributed by atoms with Gasteiger partial charge in [0.15, 0.2) is 5.83 Å². The van der Waals surface area contributed by atoms with E-state index in [0.717, 1.165) is 22.3 Å². The van der Waals surface area contributed by atoms with Gasteiger partial charge in [0.25, 0.3) is 0 Å². The summed E-state index contributed by atoms with van der Waals surface area (Å²) in [7, 11) is 0. The maximum absolute atomic E-state index is 13.1. The molecule has 1 aliphatic rings. The van der Waals surface area contributed by atoms with Gasteiger partial charge < -0.3 is 0 Å². The fourth-order valence-corrected chi connectivity index (χ4v) is 2.58. The van der Waals surface area contributed by atoms with E-state index in [9.17, 15) is 8.78 Å². The van der Waals surface area contributed by atoms with Crippen LogP contribution in [-0.2, 0) is 0 Å².